The van der Waals surface area contributed by atoms with Crippen molar-refractivity contribution in [2.75, 3.05) is 25.0 Å². The lowest BCUT2D eigenvalue weighted by Crippen LogP contribution is -2.40. The van der Waals surface area contributed by atoms with Crippen molar-refractivity contribution in [3.63, 3.8) is 0 Å². The van der Waals surface area contributed by atoms with E-state index >= 15 is 0 Å². The van der Waals surface area contributed by atoms with Crippen LogP contribution in [0.15, 0.2) is 43.0 Å². The Hall–Kier alpha value is -2.85. The summed E-state index contributed by atoms with van der Waals surface area (Å²) in [6, 6.07) is 6.71. The number of nitrogens with one attached hydrogen (secondary N) is 1. The zero-order chi connectivity index (χ0) is 21.9. The molecule has 12 heteroatoms. The predicted octanol–water partition coefficient (Wildman–Crippen LogP) is 3.75. The molecule has 0 fully saturated rings. The van der Waals surface area contributed by atoms with Gasteiger partial charge in [-0.2, -0.15) is 13.2 Å². The maximum absolute atomic E-state index is 12.3. The molecule has 0 unspecified atom stereocenters. The first-order valence-corrected chi connectivity index (χ1v) is 9.30. The van der Waals surface area contributed by atoms with Crippen LogP contribution in [0.25, 0.3) is 17.1 Å². The Morgan fingerprint density at radius 1 is 1.27 bits per heavy atom. The number of halogens is 5. The number of amides is 1. The molecule has 3 aromatic rings. The van der Waals surface area contributed by atoms with Crippen LogP contribution in [0.2, 0.25) is 10.0 Å². The molecule has 2 heterocycles. The largest absolute Gasteiger partial charge is 0.471 e. The van der Waals surface area contributed by atoms with Gasteiger partial charge in [-0.15, -0.1) is 0 Å². The second-order valence-electron chi connectivity index (χ2n) is 6.16. The van der Waals surface area contributed by atoms with Gasteiger partial charge < -0.3 is 10.2 Å². The SMILES string of the molecule is CN(CCNC(=O)C(F)(F)F)c1nccc(-c2cncn2-c2ccc(Cl)cc2Cl)n1. The Balaban J connectivity index is 1.78. The fraction of sp³-hybridized carbons (Fsp3) is 0.222. The molecule has 0 aliphatic rings. The summed E-state index contributed by atoms with van der Waals surface area (Å²) in [5.41, 5.74) is 1.80. The second-order valence-corrected chi connectivity index (χ2v) is 7.01. The topological polar surface area (TPSA) is 75.9 Å². The molecule has 7 nitrogen and oxygen atoms in total. The molecule has 0 atom stereocenters. The molecule has 0 saturated carbocycles. The van der Waals surface area contributed by atoms with E-state index in [9.17, 15) is 18.0 Å². The quantitative estimate of drug-likeness (QED) is 0.608. The normalized spacial score (nSPS) is 11.4. The lowest BCUT2D eigenvalue weighted by Gasteiger charge is -2.18. The maximum Gasteiger partial charge on any atom is 0.471 e. The minimum absolute atomic E-state index is 0.0769. The van der Waals surface area contributed by atoms with Crippen LogP contribution in [-0.4, -0.2) is 51.7 Å². The van der Waals surface area contributed by atoms with E-state index in [-0.39, 0.29) is 19.0 Å². The zero-order valence-electron chi connectivity index (χ0n) is 15.5. The first-order valence-electron chi connectivity index (χ1n) is 8.54. The van der Waals surface area contributed by atoms with Crippen LogP contribution in [0.3, 0.4) is 0 Å². The van der Waals surface area contributed by atoms with Crippen molar-refractivity contribution >= 4 is 35.1 Å². The number of likely N-dealkylation sites (N-methyl/N-ethyl adjacent to an activating group) is 1. The fourth-order valence-electron chi connectivity index (χ4n) is 2.57. The zero-order valence-corrected chi connectivity index (χ0v) is 17.0. The summed E-state index contributed by atoms with van der Waals surface area (Å²) in [7, 11) is 1.60. The minimum atomic E-state index is -4.92. The third kappa shape index (κ3) is 5.00. The summed E-state index contributed by atoms with van der Waals surface area (Å²) < 4.78 is 38.5. The van der Waals surface area contributed by atoms with E-state index in [1.54, 1.807) is 53.7 Å². The highest BCUT2D eigenvalue weighted by molar-refractivity contribution is 6.35. The second kappa shape index (κ2) is 8.88. The Labute approximate surface area is 179 Å². The highest BCUT2D eigenvalue weighted by Crippen LogP contribution is 2.28. The lowest BCUT2D eigenvalue weighted by molar-refractivity contribution is -0.173. The van der Waals surface area contributed by atoms with Crippen molar-refractivity contribution in [2.45, 2.75) is 6.18 Å². The lowest BCUT2D eigenvalue weighted by atomic mass is 10.2. The number of carbonyl (C=O) groups is 1. The Bertz CT molecular complexity index is 1060. The summed E-state index contributed by atoms with van der Waals surface area (Å²) in [6.07, 6.45) is -0.233. The molecular weight excluding hydrogens is 444 g/mol. The Morgan fingerprint density at radius 2 is 2.03 bits per heavy atom. The number of nitrogens with zero attached hydrogens (tertiary/aromatic N) is 5. The van der Waals surface area contributed by atoms with Gasteiger partial charge in [-0.05, 0) is 24.3 Å². The number of hydrogen-bond donors (Lipinski definition) is 1. The van der Waals surface area contributed by atoms with Crippen molar-refractivity contribution in [3.8, 4) is 17.1 Å². The van der Waals surface area contributed by atoms with E-state index in [0.29, 0.717) is 27.1 Å². The van der Waals surface area contributed by atoms with Crippen LogP contribution in [0.5, 0.6) is 0 Å². The van der Waals surface area contributed by atoms with Crippen molar-refractivity contribution < 1.29 is 18.0 Å². The third-order valence-electron chi connectivity index (χ3n) is 4.04. The molecule has 0 spiro atoms. The van der Waals surface area contributed by atoms with Gasteiger partial charge in [0, 0.05) is 31.4 Å². The summed E-state index contributed by atoms with van der Waals surface area (Å²) in [5.74, 6) is -1.72. The van der Waals surface area contributed by atoms with Crippen LogP contribution in [0.1, 0.15) is 0 Å². The number of alkyl halides is 3. The van der Waals surface area contributed by atoms with Gasteiger partial charge in [-0.25, -0.2) is 15.0 Å². The van der Waals surface area contributed by atoms with E-state index in [2.05, 4.69) is 15.0 Å². The average molecular weight is 459 g/mol. The highest BCUT2D eigenvalue weighted by Gasteiger charge is 2.38. The minimum Gasteiger partial charge on any atom is -0.347 e. The molecule has 0 radical (unpaired) electrons. The number of anilines is 1. The van der Waals surface area contributed by atoms with Gasteiger partial charge >= 0.3 is 12.1 Å². The number of hydrogen-bond acceptors (Lipinski definition) is 5. The first kappa shape index (κ1) is 21.8. The monoisotopic (exact) mass is 458 g/mol. The highest BCUT2D eigenvalue weighted by atomic mass is 35.5. The van der Waals surface area contributed by atoms with Gasteiger partial charge in [-0.3, -0.25) is 9.36 Å². The van der Waals surface area contributed by atoms with E-state index in [1.165, 1.54) is 11.1 Å². The molecule has 0 aliphatic heterocycles. The van der Waals surface area contributed by atoms with Gasteiger partial charge in [0.2, 0.25) is 5.95 Å². The Morgan fingerprint density at radius 3 is 2.73 bits per heavy atom. The number of imidazole rings is 1. The summed E-state index contributed by atoms with van der Waals surface area (Å²) in [5, 5.41) is 2.73. The van der Waals surface area contributed by atoms with Gasteiger partial charge in [0.05, 0.1) is 34.6 Å². The summed E-state index contributed by atoms with van der Waals surface area (Å²) >= 11 is 12.2. The van der Waals surface area contributed by atoms with Crippen LogP contribution < -0.4 is 10.2 Å². The smallest absolute Gasteiger partial charge is 0.347 e. The molecule has 0 saturated heterocycles. The average Bonchev–Trinajstić information content (AvgIpc) is 3.16. The number of benzene rings is 1. The van der Waals surface area contributed by atoms with Gasteiger partial charge in [0.25, 0.3) is 0 Å². The van der Waals surface area contributed by atoms with E-state index in [1.807, 2.05) is 0 Å². The molecular formula is C18H15Cl2F3N6O. The standard InChI is InChI=1S/C18H15Cl2F3N6O/c1-28(7-6-25-16(30)18(21,22)23)17-26-5-4-13(27-17)15-9-24-10-29(15)14-3-2-11(19)8-12(14)20/h2-5,8-10H,6-7H2,1H3,(H,25,30). The van der Waals surface area contributed by atoms with E-state index < -0.39 is 12.1 Å². The molecule has 3 rings (SSSR count). The molecule has 1 aromatic carbocycles. The number of carbonyl (C=O) groups excluding carboxylic acids is 1. The van der Waals surface area contributed by atoms with Gasteiger partial charge in [-0.1, -0.05) is 23.2 Å². The van der Waals surface area contributed by atoms with Crippen molar-refractivity contribution in [2.24, 2.45) is 0 Å². The molecule has 0 aliphatic carbocycles. The fourth-order valence-corrected chi connectivity index (χ4v) is 3.07. The number of rotatable bonds is 6. The van der Waals surface area contributed by atoms with Crippen LogP contribution in [0, 0.1) is 0 Å². The summed E-state index contributed by atoms with van der Waals surface area (Å²) in [6.45, 7) is -0.145. The van der Waals surface area contributed by atoms with E-state index in [4.69, 9.17) is 23.2 Å². The molecule has 30 heavy (non-hydrogen) atoms. The Kier molecular flexibility index (Phi) is 6.47. The molecule has 0 bridgehead atoms. The van der Waals surface area contributed by atoms with Crippen LogP contribution in [-0.2, 0) is 4.79 Å². The van der Waals surface area contributed by atoms with E-state index in [0.717, 1.165) is 0 Å². The predicted molar refractivity (Wildman–Crippen MR) is 107 cm³/mol. The molecule has 2 aromatic heterocycles. The van der Waals surface area contributed by atoms with Crippen LogP contribution >= 0.6 is 23.2 Å². The molecule has 1 amide bonds. The molecule has 158 valence electrons. The summed E-state index contributed by atoms with van der Waals surface area (Å²) in [4.78, 5) is 25.1. The molecule has 1 N–H and O–H groups in total. The van der Waals surface area contributed by atoms with Gasteiger partial charge in [0.15, 0.2) is 0 Å². The van der Waals surface area contributed by atoms with Gasteiger partial charge in [0.1, 0.15) is 0 Å². The van der Waals surface area contributed by atoms with Crippen LogP contribution in [0.4, 0.5) is 19.1 Å². The third-order valence-corrected chi connectivity index (χ3v) is 4.58. The number of aromatic nitrogens is 4. The maximum atomic E-state index is 12.3. The van der Waals surface area contributed by atoms with Crippen molar-refractivity contribution in [1.82, 2.24) is 24.8 Å². The van der Waals surface area contributed by atoms with Crippen molar-refractivity contribution in [1.29, 1.82) is 0 Å². The van der Waals surface area contributed by atoms with Crippen molar-refractivity contribution in [3.05, 3.63) is 53.0 Å². The first-order chi connectivity index (χ1) is 14.2.